The van der Waals surface area contributed by atoms with Crippen LogP contribution in [0.15, 0.2) is 66.0 Å². The van der Waals surface area contributed by atoms with Crippen molar-refractivity contribution in [1.29, 1.82) is 0 Å². The lowest BCUT2D eigenvalue weighted by atomic mass is 9.94. The Morgan fingerprint density at radius 2 is 1.15 bits per heavy atom. The predicted octanol–water partition coefficient (Wildman–Crippen LogP) is 10.2. The molecule has 2 aromatic carbocycles. The summed E-state index contributed by atoms with van der Waals surface area (Å²) in [6, 6.07) is 23.1. The summed E-state index contributed by atoms with van der Waals surface area (Å²) in [6.45, 7) is 30.0. The fourth-order valence-electron chi connectivity index (χ4n) is 6.11. The van der Waals surface area contributed by atoms with Gasteiger partial charge in [0, 0.05) is 15.2 Å². The van der Waals surface area contributed by atoms with E-state index in [2.05, 4.69) is 140 Å². The molecule has 34 heavy (non-hydrogen) atoms. The van der Waals surface area contributed by atoms with Crippen molar-refractivity contribution in [1.82, 2.24) is 0 Å². The lowest BCUT2D eigenvalue weighted by Crippen LogP contribution is -2.74. The summed E-state index contributed by atoms with van der Waals surface area (Å²) in [4.78, 5) is 1.79. The van der Waals surface area contributed by atoms with Crippen molar-refractivity contribution >= 4 is 55.2 Å². The molecule has 3 rings (SSSR count). The number of benzene rings is 2. The zero-order valence-corrected chi connectivity index (χ0v) is 29.5. The van der Waals surface area contributed by atoms with Gasteiger partial charge in [0.05, 0.1) is 8.07 Å². The minimum atomic E-state index is -1.68. The Hall–Kier alpha value is -0.352. The number of rotatable bonds is 6. The lowest BCUT2D eigenvalue weighted by molar-refractivity contribution is 0.533. The molecule has 0 amide bonds. The average molecular weight is 557 g/mol. The predicted molar refractivity (Wildman–Crippen MR) is 173 cm³/mol. The Morgan fingerprint density at radius 3 is 1.53 bits per heavy atom. The molecule has 0 saturated carbocycles. The normalized spacial score (nSPS) is 19.8. The zero-order valence-electron chi connectivity index (χ0n) is 23.7. The van der Waals surface area contributed by atoms with Crippen LogP contribution in [0.3, 0.4) is 0 Å². The third-order valence-electron chi connectivity index (χ3n) is 7.03. The van der Waals surface area contributed by atoms with E-state index in [1.54, 1.807) is 18.4 Å². The van der Waals surface area contributed by atoms with Gasteiger partial charge in [0.2, 0.25) is 0 Å². The second-order valence-electron chi connectivity index (χ2n) is 13.9. The Morgan fingerprint density at radius 1 is 0.706 bits per heavy atom. The van der Waals surface area contributed by atoms with Crippen LogP contribution in [-0.4, -0.2) is 34.9 Å². The van der Waals surface area contributed by atoms with E-state index in [9.17, 15) is 0 Å². The highest BCUT2D eigenvalue weighted by molar-refractivity contribution is 8.51. The van der Waals surface area contributed by atoms with Gasteiger partial charge in [0.1, 0.15) is 6.78 Å². The lowest BCUT2D eigenvalue weighted by Gasteiger charge is -2.65. The van der Waals surface area contributed by atoms with Gasteiger partial charge >= 0.3 is 0 Å². The standard InChI is InChI=1S/C28H46P2Si4/c1-28(2,3)26-25(23-19-15-13-16-20-23)34(32(7,8)9,33(10,11)12)30(26)29-27(31(4,5)6)24-21-17-14-18-22-24/h13-22H,1-12H3. The van der Waals surface area contributed by atoms with Crippen LogP contribution < -0.4 is 0 Å². The summed E-state index contributed by atoms with van der Waals surface area (Å²) < 4.78 is 0. The first kappa shape index (κ1) is 28.2. The van der Waals surface area contributed by atoms with Crippen molar-refractivity contribution < 1.29 is 0 Å². The van der Waals surface area contributed by atoms with E-state index < -0.39 is 30.0 Å². The number of hydrogen-bond acceptors (Lipinski definition) is 0. The van der Waals surface area contributed by atoms with Gasteiger partial charge in [-0.3, -0.25) is 0 Å². The van der Waals surface area contributed by atoms with Gasteiger partial charge < -0.3 is 0 Å². The van der Waals surface area contributed by atoms with E-state index in [1.807, 2.05) is 10.5 Å². The fourth-order valence-corrected chi connectivity index (χ4v) is 101. The molecule has 184 valence electrons. The maximum Gasteiger partial charge on any atom is 0.114 e. The number of hydrogen-bond donors (Lipinski definition) is 0. The summed E-state index contributed by atoms with van der Waals surface area (Å²) in [6.07, 6.45) is 0. The van der Waals surface area contributed by atoms with Crippen molar-refractivity contribution in [2.45, 2.75) is 79.7 Å². The second kappa shape index (κ2) is 9.51. The molecule has 0 N–H and O–H groups in total. The molecule has 0 saturated heterocycles. The summed E-state index contributed by atoms with van der Waals surface area (Å²) in [5.41, 5.74) is 3.30. The molecule has 0 fully saturated rings. The summed E-state index contributed by atoms with van der Waals surface area (Å²) in [5.74, 6) is 0. The highest BCUT2D eigenvalue weighted by atomic mass is 32.2. The van der Waals surface area contributed by atoms with Crippen LogP contribution in [0.4, 0.5) is 0 Å². The molecule has 1 atom stereocenters. The van der Waals surface area contributed by atoms with Crippen LogP contribution in [0.25, 0.3) is 5.20 Å². The van der Waals surface area contributed by atoms with Crippen LogP contribution in [0.1, 0.15) is 31.9 Å². The molecule has 6 heteroatoms. The van der Waals surface area contributed by atoms with Crippen LogP contribution in [-0.2, 0) is 0 Å². The summed E-state index contributed by atoms with van der Waals surface area (Å²) in [5, 5.41) is 3.76. The topological polar surface area (TPSA) is 0 Å². The quantitative estimate of drug-likeness (QED) is 0.245. The van der Waals surface area contributed by atoms with E-state index in [1.165, 1.54) is 5.56 Å². The van der Waals surface area contributed by atoms with Crippen molar-refractivity contribution in [3.63, 3.8) is 0 Å². The molecule has 1 unspecified atom stereocenters. The first-order valence-corrected chi connectivity index (χ1v) is 31.0. The Kier molecular flexibility index (Phi) is 7.89. The minimum Gasteiger partial charge on any atom is -0.0766 e. The molecule has 0 bridgehead atoms. The summed E-state index contributed by atoms with van der Waals surface area (Å²) in [7, 11) is -2.83. The monoisotopic (exact) mass is 556 g/mol. The van der Waals surface area contributed by atoms with Crippen LogP contribution >= 0.6 is 15.1 Å². The minimum absolute atomic E-state index is 0.151. The Bertz CT molecular complexity index is 1060. The molecule has 0 aliphatic carbocycles. The molecular weight excluding hydrogens is 511 g/mol. The Labute approximate surface area is 216 Å². The largest absolute Gasteiger partial charge is 0.114 e. The molecule has 1 heterocycles. The van der Waals surface area contributed by atoms with Crippen LogP contribution in [0.2, 0.25) is 58.9 Å². The maximum absolute atomic E-state index is 2.74. The zero-order chi connectivity index (χ0) is 25.7. The first-order chi connectivity index (χ1) is 15.4. The molecule has 0 spiro atoms. The summed E-state index contributed by atoms with van der Waals surface area (Å²) >= 11 is 0. The molecule has 0 nitrogen and oxygen atoms in total. The van der Waals surface area contributed by atoms with Crippen molar-refractivity contribution in [2.24, 2.45) is 5.41 Å². The van der Waals surface area contributed by atoms with E-state index in [0.29, 0.717) is 0 Å². The van der Waals surface area contributed by atoms with Gasteiger partial charge in [0.25, 0.3) is 0 Å². The highest BCUT2D eigenvalue weighted by Crippen LogP contribution is 2.83. The SMILES string of the molecule is CC(C)(C)C1=C(c2ccccc2)[Si]([Si](C)(C)C)([Si](C)(C)C)P1P=C(c1ccccc1)[Si](C)(C)C. The van der Waals surface area contributed by atoms with Crippen LogP contribution in [0.5, 0.6) is 0 Å². The molecule has 1 aliphatic heterocycles. The van der Waals surface area contributed by atoms with Crippen molar-refractivity contribution in [3.8, 4) is 0 Å². The first-order valence-electron chi connectivity index (χ1n) is 12.7. The fraction of sp³-hybridized carbons (Fsp3) is 0.464. The third-order valence-corrected chi connectivity index (χ3v) is 76.2. The van der Waals surface area contributed by atoms with Gasteiger partial charge in [-0.2, -0.15) is 0 Å². The van der Waals surface area contributed by atoms with E-state index in [0.717, 1.165) is 0 Å². The van der Waals surface area contributed by atoms with Gasteiger partial charge in [-0.05, 0) is 39.1 Å². The molecule has 1 aliphatic rings. The second-order valence-corrected chi connectivity index (χ2v) is 55.8. The van der Waals surface area contributed by atoms with E-state index in [-0.39, 0.29) is 12.6 Å². The van der Waals surface area contributed by atoms with Crippen LogP contribution in [0, 0.1) is 5.41 Å². The van der Waals surface area contributed by atoms with Gasteiger partial charge in [0.15, 0.2) is 0 Å². The molecule has 0 radical (unpaired) electrons. The number of allylic oxidation sites excluding steroid dienone is 1. The van der Waals surface area contributed by atoms with Gasteiger partial charge in [-0.1, -0.05) is 148 Å². The maximum atomic E-state index is 2.74. The van der Waals surface area contributed by atoms with Gasteiger partial charge in [-0.25, -0.2) is 0 Å². The van der Waals surface area contributed by atoms with Gasteiger partial charge in [-0.15, -0.1) is 0 Å². The molecule has 2 aromatic rings. The van der Waals surface area contributed by atoms with Crippen molar-refractivity contribution in [3.05, 3.63) is 77.1 Å². The Balaban J connectivity index is 2.48. The smallest absolute Gasteiger partial charge is 0.0766 e. The van der Waals surface area contributed by atoms with Crippen molar-refractivity contribution in [2.75, 3.05) is 0 Å². The molecule has 0 aromatic heterocycles. The van der Waals surface area contributed by atoms with E-state index in [4.69, 9.17) is 0 Å². The van der Waals surface area contributed by atoms with E-state index >= 15 is 0 Å². The third kappa shape index (κ3) is 4.93. The average Bonchev–Trinajstić information content (AvgIpc) is 2.64. The highest BCUT2D eigenvalue weighted by Gasteiger charge is 2.69. The molecular formula is C28H46P2Si4.